The summed E-state index contributed by atoms with van der Waals surface area (Å²) in [6.07, 6.45) is 2.79. The zero-order chi connectivity index (χ0) is 20.7. The van der Waals surface area contributed by atoms with Gasteiger partial charge in [-0.3, -0.25) is 0 Å². The molecule has 4 rings (SSSR count). The third-order valence-corrected chi connectivity index (χ3v) is 6.13. The summed E-state index contributed by atoms with van der Waals surface area (Å²) >= 11 is 0. The van der Waals surface area contributed by atoms with Crippen molar-refractivity contribution in [1.82, 2.24) is 19.8 Å². The standard InChI is InChI=1S/C22H28FN5O/c1-5-15-10-24-14(2)25-21(15)27-11-17-12-28(22(29)26(3)4)20(19(17)13-27)16-7-6-8-18(23)9-16/h6-10,17,19-20H,5,11-13H2,1-4H3/t17-,19-,20-/m1/s1. The van der Waals surface area contributed by atoms with Gasteiger partial charge in [-0.15, -0.1) is 0 Å². The van der Waals surface area contributed by atoms with E-state index in [4.69, 9.17) is 4.98 Å². The molecule has 2 aliphatic heterocycles. The van der Waals surface area contributed by atoms with Crippen molar-refractivity contribution in [3.05, 3.63) is 53.2 Å². The Hall–Kier alpha value is -2.70. The van der Waals surface area contributed by atoms with E-state index in [2.05, 4.69) is 16.8 Å². The number of amides is 2. The predicted molar refractivity (Wildman–Crippen MR) is 110 cm³/mol. The van der Waals surface area contributed by atoms with Gasteiger partial charge in [-0.05, 0) is 31.0 Å². The van der Waals surface area contributed by atoms with Crippen LogP contribution >= 0.6 is 0 Å². The van der Waals surface area contributed by atoms with Gasteiger partial charge in [0.25, 0.3) is 0 Å². The zero-order valence-corrected chi connectivity index (χ0v) is 17.5. The maximum atomic E-state index is 14.0. The van der Waals surface area contributed by atoms with E-state index in [1.165, 1.54) is 6.07 Å². The Morgan fingerprint density at radius 3 is 2.76 bits per heavy atom. The van der Waals surface area contributed by atoms with Gasteiger partial charge in [0.1, 0.15) is 17.5 Å². The van der Waals surface area contributed by atoms with Crippen LogP contribution in [0.4, 0.5) is 15.0 Å². The molecule has 2 amide bonds. The Labute approximate surface area is 171 Å². The summed E-state index contributed by atoms with van der Waals surface area (Å²) in [5.74, 6) is 2.06. The van der Waals surface area contributed by atoms with Gasteiger partial charge in [0.15, 0.2) is 0 Å². The van der Waals surface area contributed by atoms with Crippen LogP contribution in [0.25, 0.3) is 0 Å². The first-order valence-electron chi connectivity index (χ1n) is 10.2. The SMILES string of the molecule is CCc1cnc(C)nc1N1C[C@@H]2CN(C(=O)N(C)C)[C@H](c3cccc(F)c3)[C@@H]2C1. The summed E-state index contributed by atoms with van der Waals surface area (Å²) < 4.78 is 14.0. The van der Waals surface area contributed by atoms with Crippen LogP contribution in [0, 0.1) is 24.6 Å². The lowest BCUT2D eigenvalue weighted by Crippen LogP contribution is -2.41. The number of urea groups is 1. The summed E-state index contributed by atoms with van der Waals surface area (Å²) in [6, 6.07) is 6.52. The van der Waals surface area contributed by atoms with Crippen molar-refractivity contribution in [3.8, 4) is 0 Å². The molecule has 7 heteroatoms. The molecule has 0 saturated carbocycles. The monoisotopic (exact) mass is 397 g/mol. The van der Waals surface area contributed by atoms with Crippen molar-refractivity contribution in [1.29, 1.82) is 0 Å². The van der Waals surface area contributed by atoms with Crippen molar-refractivity contribution >= 4 is 11.8 Å². The van der Waals surface area contributed by atoms with Crippen LogP contribution in [0.5, 0.6) is 0 Å². The van der Waals surface area contributed by atoms with E-state index in [0.717, 1.165) is 42.3 Å². The normalized spacial score (nSPS) is 23.4. The maximum Gasteiger partial charge on any atom is 0.320 e. The molecule has 2 aromatic rings. The predicted octanol–water partition coefficient (Wildman–Crippen LogP) is 3.28. The minimum Gasteiger partial charge on any atom is -0.356 e. The Morgan fingerprint density at radius 2 is 2.07 bits per heavy atom. The number of rotatable bonds is 3. The second kappa shape index (κ2) is 7.61. The highest BCUT2D eigenvalue weighted by Crippen LogP contribution is 2.46. The number of fused-ring (bicyclic) bond motifs is 1. The molecule has 0 bridgehead atoms. The number of aromatic nitrogens is 2. The molecule has 1 aromatic carbocycles. The van der Waals surface area contributed by atoms with Gasteiger partial charge in [-0.1, -0.05) is 19.1 Å². The van der Waals surface area contributed by atoms with Gasteiger partial charge in [-0.25, -0.2) is 19.2 Å². The number of nitrogens with zero attached hydrogens (tertiary/aromatic N) is 5. The molecule has 1 aromatic heterocycles. The summed E-state index contributed by atoms with van der Waals surface area (Å²) in [7, 11) is 3.53. The van der Waals surface area contributed by atoms with Gasteiger partial charge in [0.2, 0.25) is 0 Å². The zero-order valence-electron chi connectivity index (χ0n) is 17.5. The van der Waals surface area contributed by atoms with Crippen LogP contribution in [0.3, 0.4) is 0 Å². The van der Waals surface area contributed by atoms with E-state index in [1.54, 1.807) is 31.1 Å². The Bertz CT molecular complexity index is 918. The highest BCUT2D eigenvalue weighted by atomic mass is 19.1. The molecule has 2 saturated heterocycles. The minimum absolute atomic E-state index is 0.0210. The van der Waals surface area contributed by atoms with Crippen molar-refractivity contribution in [2.45, 2.75) is 26.3 Å². The lowest BCUT2D eigenvalue weighted by atomic mass is 9.89. The van der Waals surface area contributed by atoms with Crippen LogP contribution < -0.4 is 4.90 Å². The number of carbonyl (C=O) groups is 1. The Morgan fingerprint density at radius 1 is 1.28 bits per heavy atom. The number of likely N-dealkylation sites (tertiary alicyclic amines) is 1. The smallest absolute Gasteiger partial charge is 0.320 e. The first-order valence-corrected chi connectivity index (χ1v) is 10.2. The number of hydrogen-bond donors (Lipinski definition) is 0. The summed E-state index contributed by atoms with van der Waals surface area (Å²) in [4.78, 5) is 27.8. The number of benzene rings is 1. The highest BCUT2D eigenvalue weighted by Gasteiger charge is 2.50. The first-order chi connectivity index (χ1) is 13.9. The fraction of sp³-hybridized carbons (Fsp3) is 0.500. The van der Waals surface area contributed by atoms with E-state index in [0.29, 0.717) is 12.5 Å². The third kappa shape index (κ3) is 3.54. The first kappa shape index (κ1) is 19.6. The summed E-state index contributed by atoms with van der Waals surface area (Å²) in [6.45, 7) is 6.34. The number of hydrogen-bond acceptors (Lipinski definition) is 4. The maximum absolute atomic E-state index is 14.0. The third-order valence-electron chi connectivity index (χ3n) is 6.13. The number of carbonyl (C=O) groups excluding carboxylic acids is 1. The molecule has 0 radical (unpaired) electrons. The molecule has 0 spiro atoms. The van der Waals surface area contributed by atoms with Gasteiger partial charge in [-0.2, -0.15) is 0 Å². The van der Waals surface area contributed by atoms with Gasteiger partial charge >= 0.3 is 6.03 Å². The van der Waals surface area contributed by atoms with Crippen LogP contribution in [-0.2, 0) is 6.42 Å². The molecule has 3 atom stereocenters. The Kier molecular flexibility index (Phi) is 5.15. The van der Waals surface area contributed by atoms with Crippen LogP contribution in [0.15, 0.2) is 30.5 Å². The topological polar surface area (TPSA) is 52.6 Å². The van der Waals surface area contributed by atoms with Crippen LogP contribution in [0.2, 0.25) is 0 Å². The van der Waals surface area contributed by atoms with E-state index in [-0.39, 0.29) is 23.8 Å². The van der Waals surface area contributed by atoms with Crippen LogP contribution in [-0.4, -0.2) is 59.5 Å². The minimum atomic E-state index is -0.266. The molecular weight excluding hydrogens is 369 g/mol. The lowest BCUT2D eigenvalue weighted by molar-refractivity contribution is 0.159. The van der Waals surface area contributed by atoms with Gasteiger partial charge in [0, 0.05) is 57.3 Å². The van der Waals surface area contributed by atoms with Crippen molar-refractivity contribution in [3.63, 3.8) is 0 Å². The van der Waals surface area contributed by atoms with E-state index in [1.807, 2.05) is 24.1 Å². The van der Waals surface area contributed by atoms with Gasteiger partial charge < -0.3 is 14.7 Å². The average Bonchev–Trinajstić information content (AvgIpc) is 3.25. The number of aryl methyl sites for hydroxylation is 2. The molecule has 0 N–H and O–H groups in total. The average molecular weight is 397 g/mol. The van der Waals surface area contributed by atoms with Crippen molar-refractivity contribution < 1.29 is 9.18 Å². The molecule has 0 aliphatic carbocycles. The molecule has 2 aliphatic rings. The van der Waals surface area contributed by atoms with E-state index in [9.17, 15) is 9.18 Å². The molecule has 6 nitrogen and oxygen atoms in total. The Balaban J connectivity index is 1.67. The molecule has 3 heterocycles. The number of anilines is 1. The highest BCUT2D eigenvalue weighted by molar-refractivity contribution is 5.75. The molecule has 29 heavy (non-hydrogen) atoms. The summed E-state index contributed by atoms with van der Waals surface area (Å²) in [5, 5.41) is 0. The lowest BCUT2D eigenvalue weighted by Gasteiger charge is -2.32. The molecule has 2 fully saturated rings. The van der Waals surface area contributed by atoms with E-state index < -0.39 is 0 Å². The fourth-order valence-corrected chi connectivity index (χ4v) is 4.80. The molecule has 154 valence electrons. The second-order valence-electron chi connectivity index (χ2n) is 8.28. The van der Waals surface area contributed by atoms with Crippen LogP contribution in [0.1, 0.15) is 29.9 Å². The quantitative estimate of drug-likeness (QED) is 0.798. The van der Waals surface area contributed by atoms with Crippen molar-refractivity contribution in [2.75, 3.05) is 38.6 Å². The summed E-state index contributed by atoms with van der Waals surface area (Å²) in [5.41, 5.74) is 2.00. The second-order valence-corrected chi connectivity index (χ2v) is 8.28. The molecular formula is C22H28FN5O. The molecule has 0 unspecified atom stereocenters. The van der Waals surface area contributed by atoms with E-state index >= 15 is 0 Å². The largest absolute Gasteiger partial charge is 0.356 e. The van der Waals surface area contributed by atoms with Gasteiger partial charge in [0.05, 0.1) is 6.04 Å². The van der Waals surface area contributed by atoms with Crippen molar-refractivity contribution in [2.24, 2.45) is 11.8 Å². The number of halogens is 1. The fourth-order valence-electron chi connectivity index (χ4n) is 4.80.